The van der Waals surface area contributed by atoms with Crippen LogP contribution in [-0.4, -0.2) is 9.79 Å². The fourth-order valence-electron chi connectivity index (χ4n) is 0.213. The van der Waals surface area contributed by atoms with E-state index in [9.17, 15) is 4.57 Å². The van der Waals surface area contributed by atoms with E-state index in [1.165, 1.54) is 0 Å². The predicted octanol–water partition coefficient (Wildman–Crippen LogP) is 1.43. The van der Waals surface area contributed by atoms with Crippen LogP contribution in [0.2, 0.25) is 0 Å². The average molecular weight is 169 g/mol. The van der Waals surface area contributed by atoms with Gasteiger partial charge in [-0.25, -0.2) is 0 Å². The molecule has 0 fully saturated rings. The molecule has 0 aromatic rings. The summed E-state index contributed by atoms with van der Waals surface area (Å²) in [5.41, 5.74) is 0. The van der Waals surface area contributed by atoms with Crippen LogP contribution in [0.1, 0.15) is 0 Å². The van der Waals surface area contributed by atoms with E-state index in [0.717, 1.165) is 6.08 Å². The van der Waals surface area contributed by atoms with E-state index in [-0.39, 0.29) is 5.03 Å². The molecule has 0 aliphatic rings. The standard InChI is InChI=1S/C4H6ClO3P/c1-2-4(5)3-9(6,7)8/h2-3H,1H2,(H2,6,7,8)/b4-3+. The maximum absolute atomic E-state index is 10.1. The van der Waals surface area contributed by atoms with E-state index < -0.39 is 7.60 Å². The summed E-state index contributed by atoms with van der Waals surface area (Å²) in [7, 11) is -4.10. The average Bonchev–Trinajstić information content (AvgIpc) is 1.62. The quantitative estimate of drug-likeness (QED) is 0.484. The summed E-state index contributed by atoms with van der Waals surface area (Å²) < 4.78 is 10.1. The lowest BCUT2D eigenvalue weighted by atomic mass is 10.6. The van der Waals surface area contributed by atoms with E-state index in [1.807, 2.05) is 0 Å². The highest BCUT2D eigenvalue weighted by Gasteiger charge is 2.07. The van der Waals surface area contributed by atoms with Gasteiger partial charge in [0, 0.05) is 10.8 Å². The molecule has 0 aromatic heterocycles. The van der Waals surface area contributed by atoms with Gasteiger partial charge in [0.2, 0.25) is 0 Å². The molecule has 2 N–H and O–H groups in total. The van der Waals surface area contributed by atoms with Gasteiger partial charge in [0.05, 0.1) is 0 Å². The van der Waals surface area contributed by atoms with Gasteiger partial charge in [0.15, 0.2) is 0 Å². The second-order valence-electron chi connectivity index (χ2n) is 1.31. The van der Waals surface area contributed by atoms with Crippen LogP contribution in [0.4, 0.5) is 0 Å². The molecule has 0 radical (unpaired) electrons. The van der Waals surface area contributed by atoms with Crippen LogP contribution in [0, 0.1) is 0 Å². The largest absolute Gasteiger partial charge is 0.350 e. The first-order chi connectivity index (χ1) is 3.95. The third-order valence-electron chi connectivity index (χ3n) is 0.487. The van der Waals surface area contributed by atoms with Crippen LogP contribution in [0.25, 0.3) is 0 Å². The van der Waals surface area contributed by atoms with Crippen LogP contribution in [-0.2, 0) is 4.57 Å². The van der Waals surface area contributed by atoms with Crippen molar-refractivity contribution in [3.8, 4) is 0 Å². The van der Waals surface area contributed by atoms with Gasteiger partial charge in [-0.1, -0.05) is 24.3 Å². The number of hydrogen-bond acceptors (Lipinski definition) is 1. The highest BCUT2D eigenvalue weighted by atomic mass is 35.5. The molecule has 0 unspecified atom stereocenters. The summed E-state index contributed by atoms with van der Waals surface area (Å²) >= 11 is 5.20. The van der Waals surface area contributed by atoms with Crippen molar-refractivity contribution in [3.63, 3.8) is 0 Å². The van der Waals surface area contributed by atoms with Gasteiger partial charge in [-0.2, -0.15) is 0 Å². The summed E-state index contributed by atoms with van der Waals surface area (Å²) in [5, 5.41) is -0.0386. The number of rotatable bonds is 2. The third-order valence-corrected chi connectivity index (χ3v) is 1.52. The lowest BCUT2D eigenvalue weighted by Crippen LogP contribution is -1.69. The van der Waals surface area contributed by atoms with Crippen LogP contribution >= 0.6 is 19.2 Å². The Hall–Kier alpha value is -0.0800. The molecule has 0 bridgehead atoms. The molecule has 0 aliphatic heterocycles. The van der Waals surface area contributed by atoms with Crippen molar-refractivity contribution >= 4 is 19.2 Å². The summed E-state index contributed by atoms with van der Waals surface area (Å²) in [6.07, 6.45) is 1.15. The second kappa shape index (κ2) is 3.18. The van der Waals surface area contributed by atoms with Crippen molar-refractivity contribution in [2.24, 2.45) is 0 Å². The Balaban J connectivity index is 4.30. The fraction of sp³-hybridized carbons (Fsp3) is 0. The van der Waals surface area contributed by atoms with Crippen molar-refractivity contribution in [3.05, 3.63) is 23.5 Å². The smallest absolute Gasteiger partial charge is 0.321 e. The zero-order valence-corrected chi connectivity index (χ0v) is 6.14. The number of halogens is 1. The molecule has 0 saturated carbocycles. The van der Waals surface area contributed by atoms with Gasteiger partial charge < -0.3 is 9.79 Å². The van der Waals surface area contributed by atoms with E-state index in [1.54, 1.807) is 0 Å². The highest BCUT2D eigenvalue weighted by Crippen LogP contribution is 2.38. The monoisotopic (exact) mass is 168 g/mol. The van der Waals surface area contributed by atoms with Crippen molar-refractivity contribution in [1.29, 1.82) is 0 Å². The van der Waals surface area contributed by atoms with Crippen molar-refractivity contribution in [1.82, 2.24) is 0 Å². The SMILES string of the molecule is C=C/C(Cl)=C\P(=O)(O)O. The highest BCUT2D eigenvalue weighted by molar-refractivity contribution is 7.55. The second-order valence-corrected chi connectivity index (χ2v) is 3.18. The Morgan fingerprint density at radius 3 is 2.22 bits per heavy atom. The molecule has 52 valence electrons. The molecular formula is C4H6ClO3P. The van der Waals surface area contributed by atoms with Gasteiger partial charge in [0.1, 0.15) is 0 Å². The van der Waals surface area contributed by atoms with Crippen molar-refractivity contribution in [2.45, 2.75) is 0 Å². The molecule has 0 saturated heterocycles. The van der Waals surface area contributed by atoms with E-state index >= 15 is 0 Å². The first-order valence-corrected chi connectivity index (χ1v) is 4.07. The third kappa shape index (κ3) is 5.80. The first kappa shape index (κ1) is 8.92. The molecule has 0 aromatic carbocycles. The lowest BCUT2D eigenvalue weighted by Gasteiger charge is -1.93. The minimum Gasteiger partial charge on any atom is -0.321 e. The number of hydrogen-bond donors (Lipinski definition) is 2. The fourth-order valence-corrected chi connectivity index (χ4v) is 1.02. The minimum atomic E-state index is -4.10. The Bertz CT molecular complexity index is 180. The van der Waals surface area contributed by atoms with E-state index in [2.05, 4.69) is 6.58 Å². The minimum absolute atomic E-state index is 0.0386. The Morgan fingerprint density at radius 2 is 2.11 bits per heavy atom. The molecule has 3 nitrogen and oxygen atoms in total. The molecule has 0 aliphatic carbocycles. The van der Waals surface area contributed by atoms with Crippen molar-refractivity contribution < 1.29 is 14.4 Å². The molecule has 0 heterocycles. The molecule has 9 heavy (non-hydrogen) atoms. The van der Waals surface area contributed by atoms with E-state index in [4.69, 9.17) is 21.4 Å². The Kier molecular flexibility index (Phi) is 3.15. The number of allylic oxidation sites excluding steroid dienone is 2. The molecule has 0 rings (SSSR count). The van der Waals surface area contributed by atoms with Crippen LogP contribution in [0.15, 0.2) is 23.5 Å². The summed E-state index contributed by atoms with van der Waals surface area (Å²) in [4.78, 5) is 16.4. The zero-order valence-electron chi connectivity index (χ0n) is 4.49. The lowest BCUT2D eigenvalue weighted by molar-refractivity contribution is 0.386. The van der Waals surface area contributed by atoms with Gasteiger partial charge in [-0.05, 0) is 0 Å². The van der Waals surface area contributed by atoms with Gasteiger partial charge in [-0.15, -0.1) is 0 Å². The maximum atomic E-state index is 10.1. The van der Waals surface area contributed by atoms with Gasteiger partial charge in [0.25, 0.3) is 0 Å². The van der Waals surface area contributed by atoms with Gasteiger partial charge in [-0.3, -0.25) is 4.57 Å². The van der Waals surface area contributed by atoms with E-state index in [0.29, 0.717) is 5.82 Å². The Morgan fingerprint density at radius 1 is 1.67 bits per heavy atom. The molecule has 0 spiro atoms. The summed E-state index contributed by atoms with van der Waals surface area (Å²) in [6.45, 7) is 3.20. The summed E-state index contributed by atoms with van der Waals surface area (Å²) in [5.74, 6) is 0.640. The van der Waals surface area contributed by atoms with Crippen LogP contribution < -0.4 is 0 Å². The first-order valence-electron chi connectivity index (χ1n) is 2.02. The van der Waals surface area contributed by atoms with Crippen LogP contribution in [0.5, 0.6) is 0 Å². The van der Waals surface area contributed by atoms with Crippen LogP contribution in [0.3, 0.4) is 0 Å². The molecule has 0 amide bonds. The normalized spacial score (nSPS) is 13.4. The topological polar surface area (TPSA) is 57.5 Å². The molecule has 0 atom stereocenters. The molecule has 5 heteroatoms. The predicted molar refractivity (Wildman–Crippen MR) is 36.2 cm³/mol. The molecular weight excluding hydrogens is 162 g/mol. The Labute approximate surface area is 57.8 Å². The maximum Gasteiger partial charge on any atom is 0.350 e. The van der Waals surface area contributed by atoms with Crippen molar-refractivity contribution in [2.75, 3.05) is 0 Å². The summed E-state index contributed by atoms with van der Waals surface area (Å²) in [6, 6.07) is 0. The zero-order chi connectivity index (χ0) is 7.49. The van der Waals surface area contributed by atoms with Gasteiger partial charge >= 0.3 is 7.60 Å².